The predicted molar refractivity (Wildman–Crippen MR) is 104 cm³/mol. The number of nitrogens with zero attached hydrogens (tertiary/aromatic N) is 5. The van der Waals surface area contributed by atoms with Crippen molar-refractivity contribution in [3.63, 3.8) is 0 Å². The lowest BCUT2D eigenvalue weighted by Crippen LogP contribution is -2.42. The van der Waals surface area contributed by atoms with E-state index in [4.69, 9.17) is 9.97 Å². The monoisotopic (exact) mass is 355 g/mol. The molecule has 2 fully saturated rings. The maximum Gasteiger partial charge on any atom is 0.227 e. The Morgan fingerprint density at radius 2 is 1.92 bits per heavy atom. The van der Waals surface area contributed by atoms with Crippen LogP contribution in [-0.4, -0.2) is 52.4 Å². The Bertz CT molecular complexity index is 686. The summed E-state index contributed by atoms with van der Waals surface area (Å²) in [6, 6.07) is 4.76. The van der Waals surface area contributed by atoms with E-state index in [0.717, 1.165) is 75.1 Å². The van der Waals surface area contributed by atoms with Crippen molar-refractivity contribution in [2.45, 2.75) is 51.6 Å². The van der Waals surface area contributed by atoms with Gasteiger partial charge in [-0.25, -0.2) is 4.98 Å². The van der Waals surface area contributed by atoms with Gasteiger partial charge in [0.25, 0.3) is 0 Å². The molecule has 0 radical (unpaired) electrons. The van der Waals surface area contributed by atoms with E-state index < -0.39 is 0 Å². The highest BCUT2D eigenvalue weighted by atomic mass is 15.3. The minimum atomic E-state index is 0.556. The summed E-state index contributed by atoms with van der Waals surface area (Å²) < 4.78 is 0. The fourth-order valence-electron chi connectivity index (χ4n) is 3.82. The molecule has 0 bridgehead atoms. The molecule has 26 heavy (non-hydrogen) atoms. The number of rotatable bonds is 6. The highest BCUT2D eigenvalue weighted by molar-refractivity contribution is 5.47. The first kappa shape index (κ1) is 17.3. The first-order chi connectivity index (χ1) is 12.8. The van der Waals surface area contributed by atoms with Crippen molar-refractivity contribution in [3.8, 4) is 0 Å². The number of anilines is 2. The average molecular weight is 355 g/mol. The summed E-state index contributed by atoms with van der Waals surface area (Å²) in [5.41, 5.74) is 2.29. The molecule has 2 aromatic heterocycles. The molecule has 140 valence electrons. The van der Waals surface area contributed by atoms with Gasteiger partial charge in [0.15, 0.2) is 0 Å². The van der Waals surface area contributed by atoms with Gasteiger partial charge in [-0.3, -0.25) is 5.10 Å². The van der Waals surface area contributed by atoms with Crippen LogP contribution in [0.2, 0.25) is 0 Å². The number of hydrogen-bond donors (Lipinski definition) is 2. The Hall–Kier alpha value is -2.15. The second-order valence-corrected chi connectivity index (χ2v) is 7.29. The maximum absolute atomic E-state index is 4.91. The molecule has 2 aliphatic heterocycles. The molecule has 2 N–H and O–H groups in total. The molecule has 0 aliphatic carbocycles. The third-order valence-electron chi connectivity index (χ3n) is 5.46. The molecule has 2 aromatic rings. The smallest absolute Gasteiger partial charge is 0.227 e. The molecule has 0 atom stereocenters. The summed E-state index contributed by atoms with van der Waals surface area (Å²) in [5.74, 6) is 2.03. The summed E-state index contributed by atoms with van der Waals surface area (Å²) in [7, 11) is 0. The first-order valence-electron chi connectivity index (χ1n) is 9.91. The van der Waals surface area contributed by atoms with Crippen molar-refractivity contribution in [2.75, 3.05) is 36.0 Å². The third kappa shape index (κ3) is 3.98. The van der Waals surface area contributed by atoms with Crippen molar-refractivity contribution in [3.05, 3.63) is 29.7 Å². The molecule has 0 spiro atoms. The van der Waals surface area contributed by atoms with E-state index in [2.05, 4.69) is 38.3 Å². The lowest BCUT2D eigenvalue weighted by Gasteiger charge is -2.33. The minimum Gasteiger partial charge on any atom is -0.356 e. The van der Waals surface area contributed by atoms with E-state index in [1.807, 2.05) is 6.07 Å². The fourth-order valence-corrected chi connectivity index (χ4v) is 3.82. The van der Waals surface area contributed by atoms with Gasteiger partial charge < -0.3 is 15.1 Å². The van der Waals surface area contributed by atoms with Crippen LogP contribution in [0, 0.1) is 0 Å². The van der Waals surface area contributed by atoms with Crippen LogP contribution in [0.15, 0.2) is 18.3 Å². The zero-order valence-electron chi connectivity index (χ0n) is 15.6. The Balaban J connectivity index is 1.38. The quantitative estimate of drug-likeness (QED) is 0.827. The van der Waals surface area contributed by atoms with Crippen molar-refractivity contribution >= 4 is 11.8 Å². The van der Waals surface area contributed by atoms with Crippen LogP contribution in [0.4, 0.5) is 11.8 Å². The van der Waals surface area contributed by atoms with Crippen LogP contribution in [-0.2, 0) is 13.0 Å². The number of H-pyrrole nitrogens is 1. The number of aromatic amines is 1. The van der Waals surface area contributed by atoms with Gasteiger partial charge in [-0.15, -0.1) is 0 Å². The topological polar surface area (TPSA) is 73.0 Å². The lowest BCUT2D eigenvalue weighted by molar-refractivity contribution is 0.410. The number of piperidine rings is 1. The molecular formula is C19H29N7. The van der Waals surface area contributed by atoms with E-state index >= 15 is 0 Å². The lowest BCUT2D eigenvalue weighted by atomic mass is 10.0. The van der Waals surface area contributed by atoms with Gasteiger partial charge in [0.2, 0.25) is 5.95 Å². The second kappa shape index (κ2) is 8.03. The summed E-state index contributed by atoms with van der Waals surface area (Å²) in [5, 5.41) is 10.7. The van der Waals surface area contributed by atoms with Gasteiger partial charge in [-0.05, 0) is 38.2 Å². The standard InChI is InChI=1S/C19H29N7/c1-2-15-13-18(23-19(22-15)26-9-3-4-10-26)25-11-6-16(7-12-25)20-14-17-5-8-21-24-17/h5,8,13,16,20H,2-4,6-7,9-12,14H2,1H3,(H,21,24). The first-order valence-corrected chi connectivity index (χ1v) is 9.91. The SMILES string of the molecule is CCc1cc(N2CCC(NCc3ccn[nH]3)CC2)nc(N2CCCC2)n1. The van der Waals surface area contributed by atoms with Crippen LogP contribution >= 0.6 is 0 Å². The molecule has 2 saturated heterocycles. The largest absolute Gasteiger partial charge is 0.356 e. The summed E-state index contributed by atoms with van der Waals surface area (Å²) in [4.78, 5) is 14.4. The summed E-state index contributed by atoms with van der Waals surface area (Å²) >= 11 is 0. The Kier molecular flexibility index (Phi) is 5.34. The number of aryl methyl sites for hydroxylation is 1. The van der Waals surface area contributed by atoms with Crippen molar-refractivity contribution in [1.29, 1.82) is 0 Å². The highest BCUT2D eigenvalue weighted by Gasteiger charge is 2.22. The second-order valence-electron chi connectivity index (χ2n) is 7.29. The summed E-state index contributed by atoms with van der Waals surface area (Å²) in [6.07, 6.45) is 7.54. The molecule has 0 aromatic carbocycles. The highest BCUT2D eigenvalue weighted by Crippen LogP contribution is 2.24. The molecule has 0 unspecified atom stereocenters. The predicted octanol–water partition coefficient (Wildman–Crippen LogP) is 2.12. The van der Waals surface area contributed by atoms with Gasteiger partial charge in [-0.1, -0.05) is 6.92 Å². The fraction of sp³-hybridized carbons (Fsp3) is 0.632. The summed E-state index contributed by atoms with van der Waals surface area (Å²) in [6.45, 7) is 7.29. The molecule has 0 amide bonds. The van der Waals surface area contributed by atoms with Gasteiger partial charge >= 0.3 is 0 Å². The zero-order chi connectivity index (χ0) is 17.8. The average Bonchev–Trinajstić information content (AvgIpc) is 3.40. The number of hydrogen-bond acceptors (Lipinski definition) is 6. The minimum absolute atomic E-state index is 0.556. The molecule has 7 heteroatoms. The molecule has 0 saturated carbocycles. The molecular weight excluding hydrogens is 326 g/mol. The molecule has 7 nitrogen and oxygen atoms in total. The normalized spacial score (nSPS) is 18.7. The van der Waals surface area contributed by atoms with Gasteiger partial charge in [0.1, 0.15) is 5.82 Å². The number of aromatic nitrogens is 4. The van der Waals surface area contributed by atoms with Gasteiger partial charge in [0, 0.05) is 62.4 Å². The molecule has 2 aliphatic rings. The van der Waals surface area contributed by atoms with Crippen molar-refractivity contribution < 1.29 is 0 Å². The van der Waals surface area contributed by atoms with E-state index in [1.165, 1.54) is 12.8 Å². The number of nitrogens with one attached hydrogen (secondary N) is 2. The maximum atomic E-state index is 4.91. The van der Waals surface area contributed by atoms with Crippen molar-refractivity contribution in [1.82, 2.24) is 25.5 Å². The van der Waals surface area contributed by atoms with Gasteiger partial charge in [0.05, 0.1) is 0 Å². The Labute approximate surface area is 155 Å². The van der Waals surface area contributed by atoms with E-state index in [-0.39, 0.29) is 0 Å². The third-order valence-corrected chi connectivity index (χ3v) is 5.46. The van der Waals surface area contributed by atoms with Crippen LogP contribution < -0.4 is 15.1 Å². The van der Waals surface area contributed by atoms with E-state index in [1.54, 1.807) is 6.20 Å². The van der Waals surface area contributed by atoms with E-state index in [0.29, 0.717) is 6.04 Å². The van der Waals surface area contributed by atoms with Crippen LogP contribution in [0.3, 0.4) is 0 Å². The Morgan fingerprint density at radius 1 is 1.12 bits per heavy atom. The van der Waals surface area contributed by atoms with Crippen molar-refractivity contribution in [2.24, 2.45) is 0 Å². The zero-order valence-corrected chi connectivity index (χ0v) is 15.6. The van der Waals surface area contributed by atoms with Crippen LogP contribution in [0.1, 0.15) is 44.0 Å². The van der Waals surface area contributed by atoms with Crippen LogP contribution in [0.5, 0.6) is 0 Å². The van der Waals surface area contributed by atoms with E-state index in [9.17, 15) is 0 Å². The van der Waals surface area contributed by atoms with Crippen LogP contribution in [0.25, 0.3) is 0 Å². The molecule has 4 heterocycles. The Morgan fingerprint density at radius 3 is 2.62 bits per heavy atom. The van der Waals surface area contributed by atoms with Gasteiger partial charge in [-0.2, -0.15) is 10.1 Å². The molecule has 4 rings (SSSR count).